The number of carboxylic acid groups (broad SMARTS) is 2. The molecule has 0 aliphatic heterocycles. The fourth-order valence-electron chi connectivity index (χ4n) is 3.51. The molecule has 0 spiro atoms. The highest BCUT2D eigenvalue weighted by atomic mass is 16.4. The van der Waals surface area contributed by atoms with Crippen molar-refractivity contribution in [1.29, 1.82) is 0 Å². The molecule has 4 atom stereocenters. The summed E-state index contributed by atoms with van der Waals surface area (Å²) < 4.78 is 0. The number of H-pyrrole nitrogens is 1. The van der Waals surface area contributed by atoms with Crippen molar-refractivity contribution in [1.82, 2.24) is 20.9 Å². The number of aromatic nitrogens is 1. The van der Waals surface area contributed by atoms with Gasteiger partial charge >= 0.3 is 11.9 Å². The zero-order valence-corrected chi connectivity index (χ0v) is 20.0. The molecule has 1 aromatic heterocycles. The maximum Gasteiger partial charge on any atom is 0.326 e. The number of carbonyl (C=O) groups is 6. The SMILES string of the molecule is C[C@H](N)C(=O)N[C@@H](Cc1c[nH]c2ccccc12)C(=O)N[C@@H](CC(N)=O)C(=O)N[C@@H](CCC(=O)O)C(=O)O. The van der Waals surface area contributed by atoms with E-state index in [1.165, 1.54) is 6.92 Å². The van der Waals surface area contributed by atoms with Crippen molar-refractivity contribution in [2.75, 3.05) is 0 Å². The van der Waals surface area contributed by atoms with Gasteiger partial charge in [-0.05, 0) is 25.0 Å². The standard InChI is InChI=1S/C23H30N6O8/c1-11(24)20(33)28-16(8-12-10-26-14-5-3-2-4-13(12)14)21(34)29-17(9-18(25)30)22(35)27-15(23(36)37)6-7-19(31)32/h2-5,10-11,15-17,26H,6-9,24H2,1H3,(H2,25,30)(H,27,35)(H,28,33)(H,29,34)(H,31,32)(H,36,37)/t11-,15-,16-,17-/m0/s1. The lowest BCUT2D eigenvalue weighted by Gasteiger charge is -2.24. The molecule has 4 amide bonds. The average Bonchev–Trinajstić information content (AvgIpc) is 3.22. The van der Waals surface area contributed by atoms with Gasteiger partial charge in [0.1, 0.15) is 18.1 Å². The Morgan fingerprint density at radius 3 is 2.11 bits per heavy atom. The van der Waals surface area contributed by atoms with E-state index in [1.807, 2.05) is 18.2 Å². The number of amides is 4. The highest BCUT2D eigenvalue weighted by Gasteiger charge is 2.31. The van der Waals surface area contributed by atoms with Crippen LogP contribution in [0.15, 0.2) is 30.5 Å². The van der Waals surface area contributed by atoms with Crippen molar-refractivity contribution in [2.45, 2.75) is 56.8 Å². The highest BCUT2D eigenvalue weighted by molar-refractivity contribution is 5.96. The van der Waals surface area contributed by atoms with E-state index in [1.54, 1.807) is 12.3 Å². The third-order valence-electron chi connectivity index (χ3n) is 5.45. The first-order valence-electron chi connectivity index (χ1n) is 11.3. The summed E-state index contributed by atoms with van der Waals surface area (Å²) in [6.07, 6.45) is 0.0112. The Morgan fingerprint density at radius 1 is 0.919 bits per heavy atom. The van der Waals surface area contributed by atoms with E-state index in [0.29, 0.717) is 5.56 Å². The van der Waals surface area contributed by atoms with Gasteiger partial charge in [0, 0.05) is 29.9 Å². The molecule has 0 bridgehead atoms. The van der Waals surface area contributed by atoms with Gasteiger partial charge in [-0.15, -0.1) is 0 Å². The summed E-state index contributed by atoms with van der Waals surface area (Å²) in [6.45, 7) is 1.42. The number of primary amides is 1. The van der Waals surface area contributed by atoms with E-state index in [-0.39, 0.29) is 6.42 Å². The Kier molecular flexibility index (Phi) is 10.1. The number of nitrogens with one attached hydrogen (secondary N) is 4. The molecule has 10 N–H and O–H groups in total. The number of carboxylic acids is 2. The van der Waals surface area contributed by atoms with Crippen LogP contribution in [0.25, 0.3) is 10.9 Å². The average molecular weight is 519 g/mol. The molecule has 0 saturated heterocycles. The van der Waals surface area contributed by atoms with Crippen LogP contribution in [0.1, 0.15) is 31.7 Å². The highest BCUT2D eigenvalue weighted by Crippen LogP contribution is 2.19. The van der Waals surface area contributed by atoms with Crippen LogP contribution in [-0.2, 0) is 35.2 Å². The molecule has 0 saturated carbocycles. The molecule has 0 fully saturated rings. The number of carbonyl (C=O) groups excluding carboxylic acids is 4. The number of aliphatic carboxylic acids is 2. The van der Waals surface area contributed by atoms with Crippen LogP contribution in [0, 0.1) is 0 Å². The van der Waals surface area contributed by atoms with Gasteiger partial charge in [-0.1, -0.05) is 18.2 Å². The van der Waals surface area contributed by atoms with Crippen molar-refractivity contribution in [3.63, 3.8) is 0 Å². The van der Waals surface area contributed by atoms with Crippen LogP contribution in [0.3, 0.4) is 0 Å². The quantitative estimate of drug-likeness (QED) is 0.142. The topological polar surface area (TPSA) is 247 Å². The van der Waals surface area contributed by atoms with Crippen LogP contribution in [0.2, 0.25) is 0 Å². The van der Waals surface area contributed by atoms with Gasteiger partial charge in [0.2, 0.25) is 23.6 Å². The zero-order chi connectivity index (χ0) is 27.7. The van der Waals surface area contributed by atoms with Gasteiger partial charge in [0.05, 0.1) is 12.5 Å². The molecule has 0 aliphatic rings. The molecule has 37 heavy (non-hydrogen) atoms. The Morgan fingerprint density at radius 2 is 1.51 bits per heavy atom. The number of hydrogen-bond acceptors (Lipinski definition) is 7. The lowest BCUT2D eigenvalue weighted by atomic mass is 10.0. The van der Waals surface area contributed by atoms with Gasteiger partial charge in [-0.2, -0.15) is 0 Å². The van der Waals surface area contributed by atoms with Gasteiger partial charge in [0.25, 0.3) is 0 Å². The Bertz CT molecular complexity index is 1180. The minimum absolute atomic E-state index is 0.00439. The number of aromatic amines is 1. The van der Waals surface area contributed by atoms with Crippen LogP contribution >= 0.6 is 0 Å². The first-order chi connectivity index (χ1) is 17.4. The van der Waals surface area contributed by atoms with Crippen molar-refractivity contribution in [3.8, 4) is 0 Å². The van der Waals surface area contributed by atoms with E-state index in [2.05, 4.69) is 20.9 Å². The smallest absolute Gasteiger partial charge is 0.326 e. The third-order valence-corrected chi connectivity index (χ3v) is 5.45. The second-order valence-corrected chi connectivity index (χ2v) is 8.48. The van der Waals surface area contributed by atoms with Crippen LogP contribution < -0.4 is 27.4 Å². The second kappa shape index (κ2) is 13.0. The number of rotatable bonds is 14. The normalized spacial score (nSPS) is 14.1. The van der Waals surface area contributed by atoms with E-state index in [4.69, 9.17) is 16.6 Å². The number of hydrogen-bond donors (Lipinski definition) is 8. The summed E-state index contributed by atoms with van der Waals surface area (Å²) in [4.78, 5) is 75.1. The van der Waals surface area contributed by atoms with E-state index in [9.17, 15) is 33.9 Å². The molecule has 200 valence electrons. The molecule has 0 radical (unpaired) electrons. The lowest BCUT2D eigenvalue weighted by molar-refractivity contribution is -0.143. The molecule has 14 nitrogen and oxygen atoms in total. The van der Waals surface area contributed by atoms with E-state index >= 15 is 0 Å². The maximum atomic E-state index is 13.2. The molecular formula is C23H30N6O8. The van der Waals surface area contributed by atoms with Gasteiger partial charge in [-0.25, -0.2) is 4.79 Å². The predicted octanol–water partition coefficient (Wildman–Crippen LogP) is -1.66. The molecule has 2 rings (SSSR count). The molecule has 2 aromatic rings. The maximum absolute atomic E-state index is 13.2. The minimum Gasteiger partial charge on any atom is -0.481 e. The van der Waals surface area contributed by atoms with Gasteiger partial charge in [0.15, 0.2) is 0 Å². The number of fused-ring (bicyclic) bond motifs is 1. The second-order valence-electron chi connectivity index (χ2n) is 8.48. The first kappa shape index (κ1) is 28.8. The van der Waals surface area contributed by atoms with E-state index < -0.39 is 79.0 Å². The summed E-state index contributed by atoms with van der Waals surface area (Å²) >= 11 is 0. The summed E-state index contributed by atoms with van der Waals surface area (Å²) in [7, 11) is 0. The largest absolute Gasteiger partial charge is 0.481 e. The van der Waals surface area contributed by atoms with Crippen molar-refractivity contribution in [2.24, 2.45) is 11.5 Å². The molecule has 1 heterocycles. The number of benzene rings is 1. The first-order valence-corrected chi connectivity index (χ1v) is 11.3. The number of para-hydroxylation sites is 1. The van der Waals surface area contributed by atoms with Crippen LogP contribution in [-0.4, -0.2) is 74.9 Å². The molecule has 0 aliphatic carbocycles. The van der Waals surface area contributed by atoms with Gasteiger partial charge < -0.3 is 42.6 Å². The van der Waals surface area contributed by atoms with Crippen LogP contribution in [0.5, 0.6) is 0 Å². The van der Waals surface area contributed by atoms with Crippen molar-refractivity contribution >= 4 is 46.5 Å². The third kappa shape index (κ3) is 8.61. The summed E-state index contributed by atoms with van der Waals surface area (Å²) in [5.41, 5.74) is 12.3. The van der Waals surface area contributed by atoms with Gasteiger partial charge in [-0.3, -0.25) is 24.0 Å². The zero-order valence-electron chi connectivity index (χ0n) is 20.0. The lowest BCUT2D eigenvalue weighted by Crippen LogP contribution is -2.58. The van der Waals surface area contributed by atoms with Crippen molar-refractivity contribution in [3.05, 3.63) is 36.0 Å². The van der Waals surface area contributed by atoms with Crippen LogP contribution in [0.4, 0.5) is 0 Å². The Labute approximate surface area is 211 Å². The summed E-state index contributed by atoms with van der Waals surface area (Å²) in [5, 5.41) is 25.9. The van der Waals surface area contributed by atoms with Crippen molar-refractivity contribution < 1.29 is 39.0 Å². The Hall–Kier alpha value is -4.46. The fraction of sp³-hybridized carbons (Fsp3) is 0.391. The monoisotopic (exact) mass is 518 g/mol. The Balaban J connectivity index is 2.26. The fourth-order valence-corrected chi connectivity index (χ4v) is 3.51. The summed E-state index contributed by atoms with van der Waals surface area (Å²) in [5.74, 6) is -6.29. The number of nitrogens with two attached hydrogens (primary N) is 2. The minimum atomic E-state index is -1.59. The molecular weight excluding hydrogens is 488 g/mol. The predicted molar refractivity (Wildman–Crippen MR) is 130 cm³/mol. The molecule has 1 aromatic carbocycles. The van der Waals surface area contributed by atoms with E-state index in [0.717, 1.165) is 10.9 Å². The summed E-state index contributed by atoms with van der Waals surface area (Å²) in [6, 6.07) is 1.91. The molecule has 14 heteroatoms. The molecule has 0 unspecified atom stereocenters.